The van der Waals surface area contributed by atoms with Crippen molar-refractivity contribution >= 4 is 17.7 Å². The van der Waals surface area contributed by atoms with E-state index in [2.05, 4.69) is 10.1 Å². The standard InChI is InChI=1S/C19H25F3N2O5/c1-3-27-14-5-6-16(28-4-2)15(11-14)23-17(25)13-7-9-24(10-8-13)18(26)29-12-19(20,21)22/h5-6,11,13H,3-4,7-10,12H2,1-2H3,(H,23,25). The summed E-state index contributed by atoms with van der Waals surface area (Å²) >= 11 is 0. The van der Waals surface area contributed by atoms with Gasteiger partial charge in [-0.15, -0.1) is 0 Å². The second kappa shape index (κ2) is 10.2. The van der Waals surface area contributed by atoms with Gasteiger partial charge in [-0.2, -0.15) is 13.2 Å². The molecule has 0 unspecified atom stereocenters. The van der Waals surface area contributed by atoms with Gasteiger partial charge in [-0.1, -0.05) is 0 Å². The largest absolute Gasteiger partial charge is 0.494 e. The first-order valence-electron chi connectivity index (χ1n) is 9.42. The van der Waals surface area contributed by atoms with Crippen LogP contribution >= 0.6 is 0 Å². The Morgan fingerprint density at radius 3 is 2.38 bits per heavy atom. The predicted octanol–water partition coefficient (Wildman–Crippen LogP) is 3.83. The minimum atomic E-state index is -4.57. The van der Waals surface area contributed by atoms with Gasteiger partial charge in [-0.25, -0.2) is 4.79 Å². The summed E-state index contributed by atoms with van der Waals surface area (Å²) in [5.74, 6) is 0.473. The first kappa shape index (κ1) is 22.6. The molecule has 0 atom stereocenters. The molecule has 162 valence electrons. The number of benzene rings is 1. The van der Waals surface area contributed by atoms with E-state index in [1.807, 2.05) is 13.8 Å². The molecule has 7 nitrogen and oxygen atoms in total. The van der Waals surface area contributed by atoms with Crippen LogP contribution < -0.4 is 14.8 Å². The Balaban J connectivity index is 1.92. The molecule has 0 spiro atoms. The zero-order valence-corrected chi connectivity index (χ0v) is 16.4. The number of rotatable bonds is 7. The van der Waals surface area contributed by atoms with Crippen LogP contribution in [0.3, 0.4) is 0 Å². The zero-order chi connectivity index (χ0) is 21.4. The molecule has 1 heterocycles. The fourth-order valence-electron chi connectivity index (χ4n) is 2.94. The Morgan fingerprint density at radius 2 is 1.79 bits per heavy atom. The lowest BCUT2D eigenvalue weighted by Gasteiger charge is -2.30. The van der Waals surface area contributed by atoms with Crippen molar-refractivity contribution in [2.45, 2.75) is 32.9 Å². The van der Waals surface area contributed by atoms with Gasteiger partial charge in [-0.05, 0) is 38.8 Å². The van der Waals surface area contributed by atoms with Crippen molar-refractivity contribution in [1.82, 2.24) is 4.90 Å². The van der Waals surface area contributed by atoms with E-state index in [1.54, 1.807) is 18.2 Å². The first-order chi connectivity index (χ1) is 13.7. The van der Waals surface area contributed by atoms with E-state index in [9.17, 15) is 22.8 Å². The maximum absolute atomic E-state index is 12.6. The minimum Gasteiger partial charge on any atom is -0.494 e. The molecule has 1 aliphatic rings. The van der Waals surface area contributed by atoms with Crippen molar-refractivity contribution in [2.75, 3.05) is 38.2 Å². The van der Waals surface area contributed by atoms with Crippen LogP contribution in [0.1, 0.15) is 26.7 Å². The third kappa shape index (κ3) is 7.03. The third-order valence-corrected chi connectivity index (χ3v) is 4.30. The number of ether oxygens (including phenoxy) is 3. The zero-order valence-electron chi connectivity index (χ0n) is 16.4. The van der Waals surface area contributed by atoms with E-state index in [0.717, 1.165) is 0 Å². The normalized spacial score (nSPS) is 15.0. The summed E-state index contributed by atoms with van der Waals surface area (Å²) in [7, 11) is 0. The van der Waals surface area contributed by atoms with E-state index >= 15 is 0 Å². The monoisotopic (exact) mass is 418 g/mol. The van der Waals surface area contributed by atoms with Crippen molar-refractivity contribution in [3.8, 4) is 11.5 Å². The van der Waals surface area contributed by atoms with Crippen LogP contribution in [0.5, 0.6) is 11.5 Å². The fourth-order valence-corrected chi connectivity index (χ4v) is 2.94. The Kier molecular flexibility index (Phi) is 7.98. The number of carbonyl (C=O) groups excluding carboxylic acids is 2. The molecule has 0 radical (unpaired) electrons. The molecule has 1 aromatic carbocycles. The third-order valence-electron chi connectivity index (χ3n) is 4.30. The SMILES string of the molecule is CCOc1ccc(OCC)c(NC(=O)C2CCN(C(=O)OCC(F)(F)F)CC2)c1. The Morgan fingerprint density at radius 1 is 1.14 bits per heavy atom. The molecule has 10 heteroatoms. The van der Waals surface area contributed by atoms with Crippen LogP contribution in [0.4, 0.5) is 23.7 Å². The highest BCUT2D eigenvalue weighted by Crippen LogP contribution is 2.31. The molecular weight excluding hydrogens is 393 g/mol. The average molecular weight is 418 g/mol. The van der Waals surface area contributed by atoms with Crippen LogP contribution in [0, 0.1) is 5.92 Å². The molecule has 1 saturated heterocycles. The summed E-state index contributed by atoms with van der Waals surface area (Å²) in [6.45, 7) is 3.25. The number of alkyl halides is 3. The van der Waals surface area contributed by atoms with Gasteiger partial charge in [0.1, 0.15) is 11.5 Å². The van der Waals surface area contributed by atoms with Gasteiger partial charge in [0.25, 0.3) is 0 Å². The summed E-state index contributed by atoms with van der Waals surface area (Å²) < 4.78 is 51.7. The van der Waals surface area contributed by atoms with E-state index in [-0.39, 0.29) is 24.9 Å². The Bertz CT molecular complexity index is 704. The molecule has 0 aliphatic carbocycles. The van der Waals surface area contributed by atoms with E-state index in [0.29, 0.717) is 43.2 Å². The predicted molar refractivity (Wildman–Crippen MR) is 99.1 cm³/mol. The van der Waals surface area contributed by atoms with Crippen molar-refractivity contribution in [2.24, 2.45) is 5.92 Å². The molecule has 2 rings (SSSR count). The molecule has 0 bridgehead atoms. The Hall–Kier alpha value is -2.65. The van der Waals surface area contributed by atoms with Crippen LogP contribution in [-0.2, 0) is 9.53 Å². The van der Waals surface area contributed by atoms with Gasteiger partial charge < -0.3 is 24.4 Å². The maximum atomic E-state index is 12.6. The first-order valence-corrected chi connectivity index (χ1v) is 9.42. The van der Waals surface area contributed by atoms with Crippen molar-refractivity contribution in [1.29, 1.82) is 0 Å². The minimum absolute atomic E-state index is 0.145. The lowest BCUT2D eigenvalue weighted by atomic mass is 9.96. The number of anilines is 1. The van der Waals surface area contributed by atoms with Gasteiger partial charge in [0.05, 0.1) is 18.9 Å². The van der Waals surface area contributed by atoms with Crippen LogP contribution in [0.15, 0.2) is 18.2 Å². The number of nitrogens with one attached hydrogen (secondary N) is 1. The number of piperidine rings is 1. The number of halogens is 3. The summed E-state index contributed by atoms with van der Waals surface area (Å²) in [6, 6.07) is 5.13. The molecule has 29 heavy (non-hydrogen) atoms. The lowest BCUT2D eigenvalue weighted by molar-refractivity contribution is -0.162. The van der Waals surface area contributed by atoms with E-state index < -0.39 is 18.9 Å². The number of carbonyl (C=O) groups is 2. The second-order valence-corrected chi connectivity index (χ2v) is 6.44. The summed E-state index contributed by atoms with van der Waals surface area (Å²) in [4.78, 5) is 25.5. The molecule has 0 saturated carbocycles. The molecule has 2 amide bonds. The van der Waals surface area contributed by atoms with E-state index in [4.69, 9.17) is 9.47 Å². The number of hydrogen-bond acceptors (Lipinski definition) is 5. The number of amides is 2. The number of likely N-dealkylation sites (tertiary alicyclic amines) is 1. The van der Waals surface area contributed by atoms with Crippen molar-refractivity contribution in [3.05, 3.63) is 18.2 Å². The van der Waals surface area contributed by atoms with Gasteiger partial charge in [0, 0.05) is 25.1 Å². The second-order valence-electron chi connectivity index (χ2n) is 6.44. The lowest BCUT2D eigenvalue weighted by Crippen LogP contribution is -2.42. The van der Waals surface area contributed by atoms with Gasteiger partial charge in [0.2, 0.25) is 5.91 Å². The highest BCUT2D eigenvalue weighted by Gasteiger charge is 2.33. The van der Waals surface area contributed by atoms with Crippen molar-refractivity contribution in [3.63, 3.8) is 0 Å². The summed E-state index contributed by atoms with van der Waals surface area (Å²) in [5.41, 5.74) is 0.481. The average Bonchev–Trinajstić information content (AvgIpc) is 2.68. The van der Waals surface area contributed by atoms with Crippen LogP contribution in [0.2, 0.25) is 0 Å². The molecule has 1 fully saturated rings. The Labute approximate surface area is 167 Å². The molecule has 1 aromatic rings. The topological polar surface area (TPSA) is 77.1 Å². The number of hydrogen-bond donors (Lipinski definition) is 1. The molecule has 1 N–H and O–H groups in total. The van der Waals surface area contributed by atoms with Gasteiger partial charge >= 0.3 is 12.3 Å². The highest BCUT2D eigenvalue weighted by atomic mass is 19.4. The van der Waals surface area contributed by atoms with Crippen LogP contribution in [-0.4, -0.2) is 56.0 Å². The van der Waals surface area contributed by atoms with Crippen LogP contribution in [0.25, 0.3) is 0 Å². The maximum Gasteiger partial charge on any atom is 0.422 e. The quantitative estimate of drug-likeness (QED) is 0.728. The van der Waals surface area contributed by atoms with E-state index in [1.165, 1.54) is 4.90 Å². The molecule has 0 aromatic heterocycles. The fraction of sp³-hybridized carbons (Fsp3) is 0.579. The molecular formula is C19H25F3N2O5. The summed E-state index contributed by atoms with van der Waals surface area (Å²) in [5, 5.41) is 2.83. The van der Waals surface area contributed by atoms with Gasteiger partial charge in [0.15, 0.2) is 6.61 Å². The molecule has 1 aliphatic heterocycles. The van der Waals surface area contributed by atoms with Crippen molar-refractivity contribution < 1.29 is 37.0 Å². The number of nitrogens with zero attached hydrogens (tertiary/aromatic N) is 1. The summed E-state index contributed by atoms with van der Waals surface area (Å²) in [6.07, 6.45) is -4.95. The van der Waals surface area contributed by atoms with Gasteiger partial charge in [-0.3, -0.25) is 4.79 Å². The highest BCUT2D eigenvalue weighted by molar-refractivity contribution is 5.94. The smallest absolute Gasteiger partial charge is 0.422 e.